The van der Waals surface area contributed by atoms with Gasteiger partial charge in [-0.1, -0.05) is 41.6 Å². The first-order valence-electron chi connectivity index (χ1n) is 7.92. The first-order valence-corrected chi connectivity index (χ1v) is 9.17. The van der Waals surface area contributed by atoms with Crippen molar-refractivity contribution in [1.82, 2.24) is 0 Å². The zero-order valence-electron chi connectivity index (χ0n) is 14.1. The topological polar surface area (TPSA) is 61.8 Å². The van der Waals surface area contributed by atoms with Crippen molar-refractivity contribution >= 4 is 51.7 Å². The van der Waals surface area contributed by atoms with Crippen LogP contribution in [-0.2, 0) is 9.59 Å². The summed E-state index contributed by atoms with van der Waals surface area (Å²) in [5, 5.41) is 2.13. The summed E-state index contributed by atoms with van der Waals surface area (Å²) in [6.45, 7) is 1.48. The molecule has 5 nitrogen and oxygen atoms in total. The fourth-order valence-electron chi connectivity index (χ4n) is 2.40. The summed E-state index contributed by atoms with van der Waals surface area (Å²) in [4.78, 5) is 30.0. The van der Waals surface area contributed by atoms with Gasteiger partial charge in [-0.25, -0.2) is 8.78 Å². The first-order chi connectivity index (χ1) is 12.9. The highest BCUT2D eigenvalue weighted by Gasteiger charge is 2.31. The Kier molecular flexibility index (Phi) is 5.76. The van der Waals surface area contributed by atoms with Crippen molar-refractivity contribution in [3.05, 3.63) is 59.1 Å². The molecule has 3 rings (SSSR count). The Morgan fingerprint density at radius 1 is 1.22 bits per heavy atom. The van der Waals surface area contributed by atoms with Crippen molar-refractivity contribution in [2.24, 2.45) is 4.99 Å². The van der Waals surface area contributed by atoms with Crippen LogP contribution in [0.15, 0.2) is 47.5 Å². The molecule has 1 heterocycles. The quantitative estimate of drug-likeness (QED) is 0.827. The first kappa shape index (κ1) is 19.3. The third-order valence-electron chi connectivity index (χ3n) is 3.75. The molecule has 0 saturated heterocycles. The molecule has 2 aromatic rings. The van der Waals surface area contributed by atoms with Crippen molar-refractivity contribution in [2.45, 2.75) is 12.2 Å². The zero-order valence-corrected chi connectivity index (χ0v) is 15.7. The summed E-state index contributed by atoms with van der Waals surface area (Å²) in [5.74, 6) is -2.64. The van der Waals surface area contributed by atoms with E-state index in [-0.39, 0.29) is 12.5 Å². The molecule has 0 aliphatic carbocycles. The van der Waals surface area contributed by atoms with Crippen molar-refractivity contribution in [2.75, 3.05) is 16.8 Å². The maximum atomic E-state index is 13.7. The predicted octanol–water partition coefficient (Wildman–Crippen LogP) is 4.08. The van der Waals surface area contributed by atoms with Gasteiger partial charge < -0.3 is 5.32 Å². The number of aliphatic imine (C=N–C) groups is 1. The van der Waals surface area contributed by atoms with E-state index >= 15 is 0 Å². The van der Waals surface area contributed by atoms with Gasteiger partial charge in [-0.05, 0) is 31.2 Å². The maximum Gasteiger partial charge on any atom is 0.254 e. The molecular weight excluding hydrogens is 396 g/mol. The average Bonchev–Trinajstić information content (AvgIpc) is 2.99. The molecule has 0 unspecified atom stereocenters. The van der Waals surface area contributed by atoms with Crippen LogP contribution in [0.25, 0.3) is 0 Å². The van der Waals surface area contributed by atoms with E-state index in [0.717, 1.165) is 23.9 Å². The van der Waals surface area contributed by atoms with E-state index in [1.54, 1.807) is 31.2 Å². The van der Waals surface area contributed by atoms with Gasteiger partial charge in [0.2, 0.25) is 5.91 Å². The highest BCUT2D eigenvalue weighted by molar-refractivity contribution is 8.15. The molecule has 1 aliphatic heterocycles. The van der Waals surface area contributed by atoms with E-state index in [4.69, 9.17) is 11.6 Å². The lowest BCUT2D eigenvalue weighted by Gasteiger charge is -2.21. The number of anilines is 2. The molecule has 1 aliphatic rings. The van der Waals surface area contributed by atoms with Gasteiger partial charge in [0.15, 0.2) is 5.17 Å². The molecule has 1 atom stereocenters. The smallest absolute Gasteiger partial charge is 0.254 e. The van der Waals surface area contributed by atoms with Crippen LogP contribution >= 0.6 is 23.4 Å². The molecule has 0 bridgehead atoms. The number of halogens is 3. The molecule has 0 spiro atoms. The maximum absolute atomic E-state index is 13.7. The van der Waals surface area contributed by atoms with Crippen LogP contribution in [0.4, 0.5) is 20.2 Å². The number of hydrogen-bond acceptors (Lipinski definition) is 4. The molecule has 2 amide bonds. The number of nitrogens with zero attached hydrogens (tertiary/aromatic N) is 2. The minimum Gasteiger partial charge on any atom is -0.320 e. The van der Waals surface area contributed by atoms with E-state index < -0.39 is 28.5 Å². The predicted molar refractivity (Wildman–Crippen MR) is 103 cm³/mol. The number of carbonyl (C=O) groups is 2. The number of rotatable bonds is 4. The van der Waals surface area contributed by atoms with Crippen molar-refractivity contribution < 1.29 is 18.4 Å². The largest absolute Gasteiger partial charge is 0.320 e. The second-order valence-corrected chi connectivity index (χ2v) is 7.34. The number of thioether (sulfide) groups is 1. The van der Waals surface area contributed by atoms with Gasteiger partial charge >= 0.3 is 0 Å². The lowest BCUT2D eigenvalue weighted by Crippen LogP contribution is -2.34. The minimum atomic E-state index is -0.869. The van der Waals surface area contributed by atoms with E-state index in [2.05, 4.69) is 10.3 Å². The van der Waals surface area contributed by atoms with Gasteiger partial charge in [-0.15, -0.1) is 0 Å². The SMILES string of the molecule is C[C@@H](SC1=NCC(=O)N1c1ccccc1Cl)C(=O)Nc1c(F)cccc1F. The number of hydrogen-bond donors (Lipinski definition) is 1. The summed E-state index contributed by atoms with van der Waals surface area (Å²) >= 11 is 7.16. The highest BCUT2D eigenvalue weighted by atomic mass is 35.5. The average molecular weight is 410 g/mol. The number of benzene rings is 2. The van der Waals surface area contributed by atoms with Crippen LogP contribution in [-0.4, -0.2) is 28.8 Å². The Hall–Kier alpha value is -2.45. The van der Waals surface area contributed by atoms with Crippen LogP contribution in [0.3, 0.4) is 0 Å². The van der Waals surface area contributed by atoms with Crippen molar-refractivity contribution in [3.8, 4) is 0 Å². The van der Waals surface area contributed by atoms with Crippen LogP contribution in [0.1, 0.15) is 6.92 Å². The number of amides is 2. The van der Waals surface area contributed by atoms with Crippen LogP contribution in [0.2, 0.25) is 5.02 Å². The van der Waals surface area contributed by atoms with E-state index in [1.165, 1.54) is 11.0 Å². The fraction of sp³-hybridized carbons (Fsp3) is 0.167. The molecule has 27 heavy (non-hydrogen) atoms. The molecule has 2 aromatic carbocycles. The van der Waals surface area contributed by atoms with Crippen LogP contribution < -0.4 is 10.2 Å². The number of amidine groups is 1. The van der Waals surface area contributed by atoms with Crippen molar-refractivity contribution in [1.29, 1.82) is 0 Å². The second kappa shape index (κ2) is 8.06. The lowest BCUT2D eigenvalue weighted by atomic mass is 10.3. The summed E-state index contributed by atoms with van der Waals surface area (Å²) in [6.07, 6.45) is 0. The molecular formula is C18H14ClF2N3O2S. The Morgan fingerprint density at radius 3 is 2.56 bits per heavy atom. The standard InChI is InChI=1S/C18H14ClF2N3O2S/c1-10(17(26)23-16-12(20)6-4-7-13(16)21)27-18-22-9-15(25)24(18)14-8-3-2-5-11(14)19/h2-8,10H,9H2,1H3,(H,23,26)/t10-/m1/s1. The summed E-state index contributed by atoms with van der Waals surface area (Å²) in [6, 6.07) is 10.1. The van der Waals surface area contributed by atoms with Gasteiger partial charge in [0, 0.05) is 0 Å². The van der Waals surface area contributed by atoms with Gasteiger partial charge in [0.1, 0.15) is 23.9 Å². The summed E-state index contributed by atoms with van der Waals surface area (Å²) in [7, 11) is 0. The van der Waals surface area contributed by atoms with E-state index in [9.17, 15) is 18.4 Å². The molecule has 0 aromatic heterocycles. The third-order valence-corrected chi connectivity index (χ3v) is 5.16. The Labute approximate surface area is 163 Å². The molecule has 0 fully saturated rings. The van der Waals surface area contributed by atoms with Crippen LogP contribution in [0.5, 0.6) is 0 Å². The fourth-order valence-corrected chi connectivity index (χ4v) is 3.54. The Morgan fingerprint density at radius 2 is 1.89 bits per heavy atom. The van der Waals surface area contributed by atoms with Crippen molar-refractivity contribution in [3.63, 3.8) is 0 Å². The summed E-state index contributed by atoms with van der Waals surface area (Å²) < 4.78 is 27.4. The zero-order chi connectivity index (χ0) is 19.6. The Bertz CT molecular complexity index is 918. The highest BCUT2D eigenvalue weighted by Crippen LogP contribution is 2.32. The van der Waals surface area contributed by atoms with Gasteiger partial charge in [0.05, 0.1) is 16.0 Å². The molecule has 1 N–H and O–H groups in total. The lowest BCUT2D eigenvalue weighted by molar-refractivity contribution is -0.116. The number of nitrogens with one attached hydrogen (secondary N) is 1. The van der Waals surface area contributed by atoms with Crippen LogP contribution in [0, 0.1) is 11.6 Å². The molecule has 0 saturated carbocycles. The van der Waals surface area contributed by atoms with Gasteiger partial charge in [0.25, 0.3) is 5.91 Å². The molecule has 9 heteroatoms. The number of para-hydroxylation sites is 2. The molecule has 0 radical (unpaired) electrons. The minimum absolute atomic E-state index is 0.0656. The number of carbonyl (C=O) groups excluding carboxylic acids is 2. The third kappa shape index (κ3) is 4.12. The van der Waals surface area contributed by atoms with E-state index in [1.807, 2.05) is 0 Å². The van der Waals surface area contributed by atoms with Gasteiger partial charge in [-0.3, -0.25) is 19.5 Å². The molecule has 140 valence electrons. The Balaban J connectivity index is 1.75. The van der Waals surface area contributed by atoms with E-state index in [0.29, 0.717) is 15.9 Å². The second-order valence-electron chi connectivity index (χ2n) is 5.63. The van der Waals surface area contributed by atoms with Gasteiger partial charge in [-0.2, -0.15) is 0 Å². The normalized spacial score (nSPS) is 14.9. The monoisotopic (exact) mass is 409 g/mol. The summed E-state index contributed by atoms with van der Waals surface area (Å²) in [5.41, 5.74) is -0.0528.